The van der Waals surface area contributed by atoms with Crippen molar-refractivity contribution in [1.82, 2.24) is 14.9 Å². The average molecular weight is 460 g/mol. The molecule has 4 rings (SSSR count). The first kappa shape index (κ1) is 23.4. The Morgan fingerprint density at radius 1 is 1.18 bits per heavy atom. The zero-order valence-corrected chi connectivity index (χ0v) is 20.3. The quantitative estimate of drug-likeness (QED) is 0.430. The molecule has 3 aromatic rings. The minimum absolute atomic E-state index is 0.520. The molecule has 1 atom stereocenters. The Kier molecular flexibility index (Phi) is 6.88. The number of methoxy groups -OCH3 is 1. The van der Waals surface area contributed by atoms with E-state index in [2.05, 4.69) is 57.1 Å². The van der Waals surface area contributed by atoms with Gasteiger partial charge in [0.2, 0.25) is 0 Å². The van der Waals surface area contributed by atoms with Crippen LogP contribution in [0.2, 0.25) is 0 Å². The zero-order valence-electron chi connectivity index (χ0n) is 20.3. The molecule has 0 spiro atoms. The fraction of sp³-hybridized carbons (Fsp3) is 0.308. The molecule has 1 fully saturated rings. The SMILES string of the molecule is C=Cc1cc(-c2cc(Nc3cc(N)c(N4CCC(N(C)C)C4)cc3OC)ncn2)ccc1NC. The van der Waals surface area contributed by atoms with Crippen molar-refractivity contribution in [3.63, 3.8) is 0 Å². The summed E-state index contributed by atoms with van der Waals surface area (Å²) in [6.45, 7) is 5.82. The van der Waals surface area contributed by atoms with Crippen LogP contribution in [0.5, 0.6) is 5.75 Å². The highest BCUT2D eigenvalue weighted by atomic mass is 16.5. The first-order valence-electron chi connectivity index (χ1n) is 11.4. The van der Waals surface area contributed by atoms with E-state index in [0.717, 1.165) is 53.4 Å². The number of hydrogen-bond donors (Lipinski definition) is 3. The van der Waals surface area contributed by atoms with Gasteiger partial charge in [0.25, 0.3) is 0 Å². The van der Waals surface area contributed by atoms with Crippen molar-refractivity contribution in [3.05, 3.63) is 54.9 Å². The van der Waals surface area contributed by atoms with E-state index < -0.39 is 0 Å². The van der Waals surface area contributed by atoms with Crippen molar-refractivity contribution in [2.24, 2.45) is 0 Å². The summed E-state index contributed by atoms with van der Waals surface area (Å²) in [5.41, 5.74) is 12.7. The van der Waals surface area contributed by atoms with Crippen molar-refractivity contribution in [2.75, 3.05) is 62.6 Å². The lowest BCUT2D eigenvalue weighted by molar-refractivity contribution is 0.315. The number of nitrogens with two attached hydrogens (primary N) is 1. The van der Waals surface area contributed by atoms with E-state index in [-0.39, 0.29) is 0 Å². The summed E-state index contributed by atoms with van der Waals surface area (Å²) in [6.07, 6.45) is 4.49. The van der Waals surface area contributed by atoms with Crippen LogP contribution in [0.15, 0.2) is 49.3 Å². The van der Waals surface area contributed by atoms with Gasteiger partial charge >= 0.3 is 0 Å². The third kappa shape index (κ3) is 4.77. The van der Waals surface area contributed by atoms with Gasteiger partial charge in [0.1, 0.15) is 17.9 Å². The molecule has 178 valence electrons. The van der Waals surface area contributed by atoms with Gasteiger partial charge in [0, 0.05) is 49.6 Å². The van der Waals surface area contributed by atoms with Crippen molar-refractivity contribution >= 4 is 34.6 Å². The molecule has 0 saturated carbocycles. The molecular weight excluding hydrogens is 426 g/mol. The first-order valence-corrected chi connectivity index (χ1v) is 11.4. The van der Waals surface area contributed by atoms with Gasteiger partial charge in [-0.3, -0.25) is 0 Å². The molecule has 4 N–H and O–H groups in total. The van der Waals surface area contributed by atoms with Crippen LogP contribution in [0.25, 0.3) is 17.3 Å². The van der Waals surface area contributed by atoms with Crippen LogP contribution in [-0.2, 0) is 0 Å². The highest BCUT2D eigenvalue weighted by Crippen LogP contribution is 2.38. The molecule has 0 bridgehead atoms. The third-order valence-corrected chi connectivity index (χ3v) is 6.35. The Morgan fingerprint density at radius 2 is 2.00 bits per heavy atom. The molecule has 0 radical (unpaired) electrons. The summed E-state index contributed by atoms with van der Waals surface area (Å²) in [5.74, 6) is 1.37. The van der Waals surface area contributed by atoms with Gasteiger partial charge in [-0.25, -0.2) is 9.97 Å². The van der Waals surface area contributed by atoms with E-state index in [9.17, 15) is 0 Å². The Bertz CT molecular complexity index is 1180. The maximum absolute atomic E-state index is 6.48. The summed E-state index contributed by atoms with van der Waals surface area (Å²) >= 11 is 0. The maximum Gasteiger partial charge on any atom is 0.144 e. The minimum atomic E-state index is 0.520. The molecule has 1 aliphatic heterocycles. The summed E-state index contributed by atoms with van der Waals surface area (Å²) in [7, 11) is 7.80. The second kappa shape index (κ2) is 10.0. The fourth-order valence-electron chi connectivity index (χ4n) is 4.35. The highest BCUT2D eigenvalue weighted by molar-refractivity contribution is 5.80. The molecule has 0 amide bonds. The fourth-order valence-corrected chi connectivity index (χ4v) is 4.35. The molecule has 1 unspecified atom stereocenters. The molecule has 2 aromatic carbocycles. The van der Waals surface area contributed by atoms with E-state index in [1.54, 1.807) is 13.4 Å². The minimum Gasteiger partial charge on any atom is -0.494 e. The van der Waals surface area contributed by atoms with Crippen LogP contribution >= 0.6 is 0 Å². The van der Waals surface area contributed by atoms with Gasteiger partial charge in [-0.05, 0) is 44.3 Å². The van der Waals surface area contributed by atoms with E-state index >= 15 is 0 Å². The second-order valence-corrected chi connectivity index (χ2v) is 8.63. The smallest absolute Gasteiger partial charge is 0.144 e. The van der Waals surface area contributed by atoms with E-state index in [1.165, 1.54) is 0 Å². The van der Waals surface area contributed by atoms with E-state index in [4.69, 9.17) is 10.5 Å². The lowest BCUT2D eigenvalue weighted by Crippen LogP contribution is -2.31. The Hall–Kier alpha value is -3.78. The number of nitrogen functional groups attached to an aromatic ring is 1. The van der Waals surface area contributed by atoms with Gasteiger partial charge in [0.05, 0.1) is 29.9 Å². The van der Waals surface area contributed by atoms with Crippen LogP contribution < -0.4 is 26.0 Å². The van der Waals surface area contributed by atoms with Crippen LogP contribution in [0.1, 0.15) is 12.0 Å². The molecule has 34 heavy (non-hydrogen) atoms. The lowest BCUT2D eigenvalue weighted by Gasteiger charge is -2.24. The summed E-state index contributed by atoms with van der Waals surface area (Å²) in [6, 6.07) is 12.4. The van der Waals surface area contributed by atoms with Crippen molar-refractivity contribution in [1.29, 1.82) is 0 Å². The molecule has 0 aliphatic carbocycles. The molecule has 1 saturated heterocycles. The maximum atomic E-state index is 6.48. The normalized spacial score (nSPS) is 15.4. The van der Waals surface area contributed by atoms with Crippen LogP contribution in [0, 0.1) is 0 Å². The van der Waals surface area contributed by atoms with Crippen LogP contribution in [0.4, 0.5) is 28.6 Å². The molecular formula is C26H33N7O. The van der Waals surface area contributed by atoms with Gasteiger partial charge < -0.3 is 30.9 Å². The number of nitrogens with zero attached hydrogens (tertiary/aromatic N) is 4. The van der Waals surface area contributed by atoms with Gasteiger partial charge in [-0.15, -0.1) is 0 Å². The number of benzene rings is 2. The predicted octanol–water partition coefficient (Wildman–Crippen LogP) is 4.30. The van der Waals surface area contributed by atoms with Gasteiger partial charge in [0.15, 0.2) is 0 Å². The molecule has 1 aromatic heterocycles. The Labute approximate surface area is 201 Å². The molecule has 1 aliphatic rings. The van der Waals surface area contributed by atoms with Crippen LogP contribution in [-0.4, -0.2) is 62.3 Å². The summed E-state index contributed by atoms with van der Waals surface area (Å²) in [4.78, 5) is 13.4. The highest BCUT2D eigenvalue weighted by Gasteiger charge is 2.26. The standard InChI is InChI=1S/C26H33N7O/c1-6-17-11-18(7-8-21(17)28-2)22-13-26(30-16-29-22)31-23-12-20(27)24(14-25(23)34-5)33-10-9-19(15-33)32(3)4/h6-8,11-14,16,19,28H,1,9-10,15,27H2,2-5H3,(H,29,30,31). The number of hydrogen-bond acceptors (Lipinski definition) is 8. The van der Waals surface area contributed by atoms with E-state index in [1.807, 2.05) is 43.5 Å². The number of aromatic nitrogens is 2. The summed E-state index contributed by atoms with van der Waals surface area (Å²) in [5, 5.41) is 6.53. The molecule has 8 heteroatoms. The van der Waals surface area contributed by atoms with Crippen molar-refractivity contribution < 1.29 is 4.74 Å². The largest absolute Gasteiger partial charge is 0.494 e. The monoisotopic (exact) mass is 459 g/mol. The zero-order chi connectivity index (χ0) is 24.2. The second-order valence-electron chi connectivity index (χ2n) is 8.63. The topological polar surface area (TPSA) is 91.6 Å². The molecule has 8 nitrogen and oxygen atoms in total. The number of nitrogens with one attached hydrogen (secondary N) is 2. The number of rotatable bonds is 8. The predicted molar refractivity (Wildman–Crippen MR) is 142 cm³/mol. The Morgan fingerprint density at radius 3 is 2.68 bits per heavy atom. The van der Waals surface area contributed by atoms with E-state index in [0.29, 0.717) is 23.3 Å². The first-order chi connectivity index (χ1) is 16.4. The number of anilines is 5. The number of ether oxygens (including phenoxy) is 1. The van der Waals surface area contributed by atoms with Gasteiger partial charge in [-0.1, -0.05) is 18.7 Å². The third-order valence-electron chi connectivity index (χ3n) is 6.35. The Balaban J connectivity index is 1.60. The van der Waals surface area contributed by atoms with Crippen LogP contribution in [0.3, 0.4) is 0 Å². The molecule has 2 heterocycles. The average Bonchev–Trinajstić information content (AvgIpc) is 3.34. The number of likely N-dealkylation sites (N-methyl/N-ethyl adjacent to an activating group) is 1. The van der Waals surface area contributed by atoms with Gasteiger partial charge in [-0.2, -0.15) is 0 Å². The summed E-state index contributed by atoms with van der Waals surface area (Å²) < 4.78 is 5.70. The van der Waals surface area contributed by atoms with Crippen molar-refractivity contribution in [3.8, 4) is 17.0 Å². The van der Waals surface area contributed by atoms with Crippen molar-refractivity contribution in [2.45, 2.75) is 12.5 Å². The lowest BCUT2D eigenvalue weighted by atomic mass is 10.1.